The molecule has 0 aliphatic carbocycles. The molecule has 1 atom stereocenters. The first-order valence-electron chi connectivity index (χ1n) is 7.66. The van der Waals surface area contributed by atoms with Crippen molar-refractivity contribution < 1.29 is 14.7 Å². The zero-order chi connectivity index (χ0) is 15.4. The highest BCUT2D eigenvalue weighted by atomic mass is 16.4. The number of hydrogen-bond donors (Lipinski definition) is 3. The molecule has 1 unspecified atom stereocenters. The zero-order valence-electron chi connectivity index (χ0n) is 12.9. The predicted octanol–water partition coefficient (Wildman–Crippen LogP) is 2.15. The van der Waals surface area contributed by atoms with Crippen LogP contribution in [0.3, 0.4) is 0 Å². The van der Waals surface area contributed by atoms with Crippen LogP contribution in [0.15, 0.2) is 0 Å². The molecule has 118 valence electrons. The zero-order valence-corrected chi connectivity index (χ0v) is 12.9. The number of carboxylic acids is 1. The average molecular weight is 286 g/mol. The molecule has 0 saturated heterocycles. The van der Waals surface area contributed by atoms with E-state index in [1.807, 2.05) is 0 Å². The minimum Gasteiger partial charge on any atom is -0.481 e. The van der Waals surface area contributed by atoms with Gasteiger partial charge in [-0.25, -0.2) is 0 Å². The topological polar surface area (TPSA) is 92.4 Å². The molecule has 0 aromatic rings. The minimum absolute atomic E-state index is 0.0859. The predicted molar refractivity (Wildman–Crippen MR) is 80.3 cm³/mol. The van der Waals surface area contributed by atoms with Gasteiger partial charge < -0.3 is 16.2 Å². The van der Waals surface area contributed by atoms with E-state index in [2.05, 4.69) is 19.2 Å². The Hall–Kier alpha value is -1.10. The fourth-order valence-corrected chi connectivity index (χ4v) is 2.21. The first-order chi connectivity index (χ1) is 9.47. The minimum atomic E-state index is -0.750. The van der Waals surface area contributed by atoms with Crippen LogP contribution < -0.4 is 11.1 Å². The molecule has 0 radical (unpaired) electrons. The van der Waals surface area contributed by atoms with E-state index in [9.17, 15) is 9.59 Å². The van der Waals surface area contributed by atoms with Crippen LogP contribution in [0.1, 0.15) is 58.8 Å². The molecule has 0 spiro atoms. The molecule has 0 aliphatic rings. The van der Waals surface area contributed by atoms with E-state index in [0.29, 0.717) is 37.8 Å². The SMILES string of the molecule is CC(C)C(CCNC(=O)CCCCCN)CCC(=O)O. The molecule has 1 amide bonds. The van der Waals surface area contributed by atoms with Gasteiger partial charge in [-0.1, -0.05) is 20.3 Å². The van der Waals surface area contributed by atoms with Crippen molar-refractivity contribution in [2.45, 2.75) is 58.8 Å². The Bertz CT molecular complexity index is 280. The molecule has 0 fully saturated rings. The number of rotatable bonds is 12. The van der Waals surface area contributed by atoms with Gasteiger partial charge in [0.15, 0.2) is 0 Å². The van der Waals surface area contributed by atoms with Crippen LogP contribution in [0.4, 0.5) is 0 Å². The highest BCUT2D eigenvalue weighted by Gasteiger charge is 2.15. The van der Waals surface area contributed by atoms with Crippen molar-refractivity contribution in [1.82, 2.24) is 5.32 Å². The summed E-state index contributed by atoms with van der Waals surface area (Å²) in [5.74, 6) is 0.127. The maximum absolute atomic E-state index is 11.6. The number of amides is 1. The standard InChI is InChI=1S/C15H30N2O3/c1-12(2)13(7-8-15(19)20)9-11-17-14(18)6-4-3-5-10-16/h12-13H,3-11,16H2,1-2H3,(H,17,18)(H,19,20). The van der Waals surface area contributed by atoms with Gasteiger partial charge in [0, 0.05) is 19.4 Å². The van der Waals surface area contributed by atoms with Gasteiger partial charge in [-0.3, -0.25) is 9.59 Å². The van der Waals surface area contributed by atoms with Gasteiger partial charge in [-0.2, -0.15) is 0 Å². The Kier molecular flexibility index (Phi) is 11.1. The third-order valence-electron chi connectivity index (χ3n) is 3.62. The lowest BCUT2D eigenvalue weighted by molar-refractivity contribution is -0.137. The molecule has 0 aromatic heterocycles. The van der Waals surface area contributed by atoms with Crippen molar-refractivity contribution in [3.63, 3.8) is 0 Å². The Morgan fingerprint density at radius 1 is 1.10 bits per heavy atom. The summed E-state index contributed by atoms with van der Waals surface area (Å²) in [7, 11) is 0. The quantitative estimate of drug-likeness (QED) is 0.479. The number of aliphatic carboxylic acids is 1. The molecule has 4 N–H and O–H groups in total. The Balaban J connectivity index is 3.76. The number of nitrogens with one attached hydrogen (secondary N) is 1. The van der Waals surface area contributed by atoms with Crippen LogP contribution >= 0.6 is 0 Å². The number of carboxylic acid groups (broad SMARTS) is 1. The summed E-state index contributed by atoms with van der Waals surface area (Å²) in [5.41, 5.74) is 5.39. The van der Waals surface area contributed by atoms with Crippen LogP contribution in [0.2, 0.25) is 0 Å². The number of hydrogen-bond acceptors (Lipinski definition) is 3. The van der Waals surface area contributed by atoms with Crippen molar-refractivity contribution in [3.05, 3.63) is 0 Å². The fraction of sp³-hybridized carbons (Fsp3) is 0.867. The van der Waals surface area contributed by atoms with Gasteiger partial charge in [-0.15, -0.1) is 0 Å². The second-order valence-electron chi connectivity index (χ2n) is 5.67. The smallest absolute Gasteiger partial charge is 0.303 e. The number of carbonyl (C=O) groups excluding carboxylic acids is 1. The second-order valence-corrected chi connectivity index (χ2v) is 5.67. The van der Waals surface area contributed by atoms with Crippen molar-refractivity contribution in [2.24, 2.45) is 17.6 Å². The Morgan fingerprint density at radius 2 is 1.80 bits per heavy atom. The third-order valence-corrected chi connectivity index (χ3v) is 3.62. The first kappa shape index (κ1) is 18.9. The number of unbranched alkanes of at least 4 members (excludes halogenated alkanes) is 2. The molecule has 0 bridgehead atoms. The summed E-state index contributed by atoms with van der Waals surface area (Å²) in [5, 5.41) is 11.6. The van der Waals surface area contributed by atoms with E-state index in [-0.39, 0.29) is 12.3 Å². The van der Waals surface area contributed by atoms with Gasteiger partial charge in [-0.05, 0) is 44.1 Å². The van der Waals surface area contributed by atoms with Gasteiger partial charge in [0.25, 0.3) is 0 Å². The summed E-state index contributed by atoms with van der Waals surface area (Å²) in [4.78, 5) is 22.2. The molecule has 0 saturated carbocycles. The van der Waals surface area contributed by atoms with Gasteiger partial charge >= 0.3 is 5.97 Å². The fourth-order valence-electron chi connectivity index (χ4n) is 2.21. The third kappa shape index (κ3) is 10.8. The average Bonchev–Trinajstić information content (AvgIpc) is 2.38. The van der Waals surface area contributed by atoms with E-state index in [0.717, 1.165) is 25.7 Å². The maximum atomic E-state index is 11.6. The highest BCUT2D eigenvalue weighted by Crippen LogP contribution is 2.20. The van der Waals surface area contributed by atoms with Crippen LogP contribution in [0.25, 0.3) is 0 Å². The maximum Gasteiger partial charge on any atom is 0.303 e. The van der Waals surface area contributed by atoms with E-state index in [1.165, 1.54) is 0 Å². The molecular weight excluding hydrogens is 256 g/mol. The van der Waals surface area contributed by atoms with Crippen LogP contribution in [-0.4, -0.2) is 30.1 Å². The monoisotopic (exact) mass is 286 g/mol. The van der Waals surface area contributed by atoms with Gasteiger partial charge in [0.2, 0.25) is 5.91 Å². The number of nitrogens with two attached hydrogens (primary N) is 1. The van der Waals surface area contributed by atoms with Crippen molar-refractivity contribution in [1.29, 1.82) is 0 Å². The van der Waals surface area contributed by atoms with E-state index in [1.54, 1.807) is 0 Å². The first-order valence-corrected chi connectivity index (χ1v) is 7.66. The lowest BCUT2D eigenvalue weighted by Crippen LogP contribution is -2.27. The summed E-state index contributed by atoms with van der Waals surface area (Å²) >= 11 is 0. The van der Waals surface area contributed by atoms with Crippen molar-refractivity contribution in [2.75, 3.05) is 13.1 Å². The van der Waals surface area contributed by atoms with Crippen molar-refractivity contribution in [3.8, 4) is 0 Å². The van der Waals surface area contributed by atoms with E-state index in [4.69, 9.17) is 10.8 Å². The normalized spacial score (nSPS) is 12.4. The van der Waals surface area contributed by atoms with Crippen LogP contribution in [0.5, 0.6) is 0 Å². The summed E-state index contributed by atoms with van der Waals surface area (Å²) in [6.07, 6.45) is 5.14. The largest absolute Gasteiger partial charge is 0.481 e. The lowest BCUT2D eigenvalue weighted by Gasteiger charge is -2.20. The van der Waals surface area contributed by atoms with E-state index < -0.39 is 5.97 Å². The van der Waals surface area contributed by atoms with Crippen molar-refractivity contribution >= 4 is 11.9 Å². The molecule has 0 aromatic carbocycles. The Morgan fingerprint density at radius 3 is 2.35 bits per heavy atom. The lowest BCUT2D eigenvalue weighted by atomic mass is 9.88. The summed E-state index contributed by atoms with van der Waals surface area (Å²) in [6.45, 7) is 5.52. The molecular formula is C15H30N2O3. The molecule has 20 heavy (non-hydrogen) atoms. The number of carbonyl (C=O) groups is 2. The second kappa shape index (κ2) is 11.7. The summed E-state index contributed by atoms with van der Waals surface area (Å²) in [6, 6.07) is 0. The Labute approximate surface area is 122 Å². The van der Waals surface area contributed by atoms with Crippen LogP contribution in [0, 0.1) is 11.8 Å². The summed E-state index contributed by atoms with van der Waals surface area (Å²) < 4.78 is 0. The van der Waals surface area contributed by atoms with Gasteiger partial charge in [0.05, 0.1) is 0 Å². The van der Waals surface area contributed by atoms with Gasteiger partial charge in [0.1, 0.15) is 0 Å². The molecule has 5 nitrogen and oxygen atoms in total. The molecule has 0 heterocycles. The van der Waals surface area contributed by atoms with Crippen LogP contribution in [-0.2, 0) is 9.59 Å². The highest BCUT2D eigenvalue weighted by molar-refractivity contribution is 5.75. The molecule has 0 aliphatic heterocycles. The molecule has 5 heteroatoms. The molecule has 0 rings (SSSR count). The van der Waals surface area contributed by atoms with E-state index >= 15 is 0 Å².